The van der Waals surface area contributed by atoms with Crippen molar-refractivity contribution in [1.29, 1.82) is 0 Å². The number of carbonyl (C=O) groups is 7. The summed E-state index contributed by atoms with van der Waals surface area (Å²) in [6, 6.07) is 8.09. The van der Waals surface area contributed by atoms with E-state index in [1.54, 1.807) is 12.4 Å². The van der Waals surface area contributed by atoms with Gasteiger partial charge in [0.25, 0.3) is 0 Å². The van der Waals surface area contributed by atoms with Crippen molar-refractivity contribution in [2.45, 2.75) is 128 Å². The predicted octanol–water partition coefficient (Wildman–Crippen LogP) is 1.82. The Labute approximate surface area is 386 Å². The molecule has 6 atom stereocenters. The summed E-state index contributed by atoms with van der Waals surface area (Å²) < 4.78 is 0. The van der Waals surface area contributed by atoms with E-state index >= 15 is 0 Å². The smallest absolute Gasteiger partial charge is 0.243 e. The number of hydrogen-bond donors (Lipinski definition) is 11. The van der Waals surface area contributed by atoms with E-state index in [4.69, 9.17) is 11.5 Å². The second kappa shape index (κ2) is 24.9. The van der Waals surface area contributed by atoms with Crippen LogP contribution in [0.25, 0.3) is 21.8 Å². The molecule has 0 aliphatic carbocycles. The second-order valence-electron chi connectivity index (χ2n) is 18.1. The molecule has 2 aromatic heterocycles. The first-order valence-corrected chi connectivity index (χ1v) is 23.3. The average molecular weight is 912 g/mol. The maximum atomic E-state index is 14.6. The number of hydrogen-bond acceptors (Lipinski definition) is 9. The molecule has 13 N–H and O–H groups in total. The summed E-state index contributed by atoms with van der Waals surface area (Å²) in [6.07, 6.45) is 6.35. The summed E-state index contributed by atoms with van der Waals surface area (Å²) in [5, 5.41) is 21.3. The van der Waals surface area contributed by atoms with Gasteiger partial charge in [-0.05, 0) is 99.6 Å². The predicted molar refractivity (Wildman–Crippen MR) is 253 cm³/mol. The highest BCUT2D eigenvalue weighted by atomic mass is 16.2. The van der Waals surface area contributed by atoms with Crippen LogP contribution in [0.3, 0.4) is 0 Å². The molecule has 1 aliphatic rings. The zero-order valence-corrected chi connectivity index (χ0v) is 38.6. The Kier molecular flexibility index (Phi) is 19.1. The van der Waals surface area contributed by atoms with Crippen LogP contribution < -0.4 is 48.7 Å². The van der Waals surface area contributed by atoms with Gasteiger partial charge in [0.15, 0.2) is 0 Å². The maximum Gasteiger partial charge on any atom is 0.243 e. The van der Waals surface area contributed by atoms with Gasteiger partial charge in [0.2, 0.25) is 41.4 Å². The number of fused-ring (bicyclic) bond motifs is 2. The van der Waals surface area contributed by atoms with Crippen LogP contribution in [-0.2, 0) is 46.4 Å². The topological polar surface area (TPSA) is 287 Å². The Morgan fingerprint density at radius 1 is 0.485 bits per heavy atom. The largest absolute Gasteiger partial charge is 0.361 e. The number of aromatic amines is 2. The van der Waals surface area contributed by atoms with Crippen LogP contribution in [0, 0.1) is 11.8 Å². The molecular formula is C48H69N11O7. The van der Waals surface area contributed by atoms with Crippen molar-refractivity contribution in [2.75, 3.05) is 19.6 Å². The number of unbranched alkanes of at least 4 members (excludes halogenated alkanes) is 2. The van der Waals surface area contributed by atoms with Crippen molar-refractivity contribution in [3.05, 3.63) is 72.1 Å². The first kappa shape index (κ1) is 50.7. The summed E-state index contributed by atoms with van der Waals surface area (Å²) >= 11 is 0. The van der Waals surface area contributed by atoms with Gasteiger partial charge in [-0.1, -0.05) is 64.1 Å². The van der Waals surface area contributed by atoms with Gasteiger partial charge in [-0.25, -0.2) is 0 Å². The number of carbonyl (C=O) groups excluding carboxylic acids is 7. The normalized spacial score (nSPS) is 22.3. The molecule has 18 nitrogen and oxygen atoms in total. The quantitative estimate of drug-likeness (QED) is 0.0731. The van der Waals surface area contributed by atoms with Gasteiger partial charge in [0, 0.05) is 47.0 Å². The molecule has 0 spiro atoms. The number of amides is 7. The monoisotopic (exact) mass is 912 g/mol. The van der Waals surface area contributed by atoms with Gasteiger partial charge in [0.1, 0.15) is 36.3 Å². The molecule has 0 bridgehead atoms. The van der Waals surface area contributed by atoms with E-state index in [-0.39, 0.29) is 50.4 Å². The lowest BCUT2D eigenvalue weighted by Gasteiger charge is -2.28. The third-order valence-corrected chi connectivity index (χ3v) is 11.7. The van der Waals surface area contributed by atoms with Gasteiger partial charge >= 0.3 is 0 Å². The first-order valence-electron chi connectivity index (χ1n) is 23.3. The average Bonchev–Trinajstić information content (AvgIpc) is 3.89. The molecule has 66 heavy (non-hydrogen) atoms. The lowest BCUT2D eigenvalue weighted by atomic mass is 9.99. The molecule has 358 valence electrons. The van der Waals surface area contributed by atoms with Crippen molar-refractivity contribution < 1.29 is 33.6 Å². The minimum absolute atomic E-state index is 0.0239. The Hall–Kier alpha value is -6.27. The SMILES string of the molecule is CC(C)C[C@@H]1NC(=O)CNC(=O)[C@H](Cc2c[nH]c3ccccc23)NC(=O)[C@H](CCCCN)NC(=O)[C@H](CC(C)C)NC(=O)[C@H](Cc2c[nH]c3ccccc23)NC(=O)[C@H](CCCCN)NC1=O. The first-order chi connectivity index (χ1) is 31.7. The Bertz CT molecular complexity index is 2290. The third kappa shape index (κ3) is 14.6. The number of para-hydroxylation sites is 2. The lowest BCUT2D eigenvalue weighted by molar-refractivity contribution is -0.135. The molecular weight excluding hydrogens is 843 g/mol. The molecule has 7 amide bonds. The minimum atomic E-state index is -1.22. The molecule has 18 heteroatoms. The third-order valence-electron chi connectivity index (χ3n) is 11.7. The molecule has 4 aromatic rings. The van der Waals surface area contributed by atoms with Gasteiger partial charge < -0.3 is 58.7 Å². The van der Waals surface area contributed by atoms with Crippen molar-refractivity contribution in [3.63, 3.8) is 0 Å². The Morgan fingerprint density at radius 3 is 1.32 bits per heavy atom. The second-order valence-corrected chi connectivity index (χ2v) is 18.1. The van der Waals surface area contributed by atoms with Crippen LogP contribution >= 0.6 is 0 Å². The molecule has 1 aliphatic heterocycles. The highest BCUT2D eigenvalue weighted by molar-refractivity contribution is 5.98. The van der Waals surface area contributed by atoms with E-state index in [0.717, 1.165) is 32.9 Å². The zero-order valence-electron chi connectivity index (χ0n) is 38.6. The van der Waals surface area contributed by atoms with Gasteiger partial charge in [-0.3, -0.25) is 33.6 Å². The summed E-state index contributed by atoms with van der Waals surface area (Å²) in [5.41, 5.74) is 14.7. The molecule has 0 unspecified atom stereocenters. The summed E-state index contributed by atoms with van der Waals surface area (Å²) in [5.74, 6) is -4.71. The highest BCUT2D eigenvalue weighted by Gasteiger charge is 2.35. The molecule has 0 radical (unpaired) electrons. The zero-order chi connectivity index (χ0) is 47.8. The van der Waals surface area contributed by atoms with Crippen LogP contribution in [0.2, 0.25) is 0 Å². The van der Waals surface area contributed by atoms with E-state index in [1.807, 2.05) is 76.2 Å². The number of nitrogens with one attached hydrogen (secondary N) is 9. The van der Waals surface area contributed by atoms with E-state index in [0.29, 0.717) is 38.8 Å². The van der Waals surface area contributed by atoms with Crippen LogP contribution in [-0.4, -0.2) is 107 Å². The standard InChI is InChI=1S/C48H69N11O7/c1-28(2)21-38-46(64)55-37(18-10-12-20-50)45(63)59-41(24-31-26-52-35-16-8-6-14-33(31)35)48(66)57-39(22-29(3)4)47(65)56-36(17-9-11-19-49)44(62)58-40(43(61)53-27-42(60)54-38)23-30-25-51-34-15-7-5-13-32(30)34/h5-8,13-16,25-26,28-29,36-41,51-52H,9-12,17-24,27,49-50H2,1-4H3,(H,53,61)(H,54,60)(H,55,64)(H,56,65)(H,57,66)(H,58,62)(H,59,63)/t36-,37-,38-,39-,40-,41-/m0/s1. The number of aromatic nitrogens is 2. The fraction of sp³-hybridized carbons (Fsp3) is 0.521. The van der Waals surface area contributed by atoms with E-state index in [9.17, 15) is 33.6 Å². The molecule has 3 heterocycles. The molecule has 2 aromatic carbocycles. The van der Waals surface area contributed by atoms with Crippen molar-refractivity contribution in [3.8, 4) is 0 Å². The van der Waals surface area contributed by atoms with Crippen LogP contribution in [0.15, 0.2) is 60.9 Å². The summed E-state index contributed by atoms with van der Waals surface area (Å²) in [4.78, 5) is 106. The molecule has 1 fully saturated rings. The van der Waals surface area contributed by atoms with Gasteiger partial charge in [-0.15, -0.1) is 0 Å². The van der Waals surface area contributed by atoms with Crippen LogP contribution in [0.4, 0.5) is 0 Å². The molecule has 0 saturated carbocycles. The molecule has 1 saturated heterocycles. The number of benzene rings is 2. The number of H-pyrrole nitrogens is 2. The summed E-state index contributed by atoms with van der Waals surface area (Å²) in [7, 11) is 0. The Morgan fingerprint density at radius 2 is 0.864 bits per heavy atom. The van der Waals surface area contributed by atoms with Crippen LogP contribution in [0.5, 0.6) is 0 Å². The van der Waals surface area contributed by atoms with Crippen molar-refractivity contribution in [2.24, 2.45) is 23.3 Å². The number of nitrogens with two attached hydrogens (primary N) is 2. The minimum Gasteiger partial charge on any atom is -0.361 e. The van der Waals surface area contributed by atoms with Crippen molar-refractivity contribution in [1.82, 2.24) is 47.2 Å². The number of rotatable bonds is 16. The van der Waals surface area contributed by atoms with Crippen molar-refractivity contribution >= 4 is 63.2 Å². The maximum absolute atomic E-state index is 14.6. The fourth-order valence-corrected chi connectivity index (χ4v) is 8.29. The summed E-state index contributed by atoms with van der Waals surface area (Å²) in [6.45, 7) is 7.72. The van der Waals surface area contributed by atoms with E-state index in [1.165, 1.54) is 0 Å². The van der Waals surface area contributed by atoms with E-state index < -0.39 is 84.1 Å². The van der Waals surface area contributed by atoms with E-state index in [2.05, 4.69) is 47.2 Å². The van der Waals surface area contributed by atoms with Gasteiger partial charge in [0.05, 0.1) is 6.54 Å². The highest BCUT2D eigenvalue weighted by Crippen LogP contribution is 2.21. The fourth-order valence-electron chi connectivity index (χ4n) is 8.29. The van der Waals surface area contributed by atoms with Gasteiger partial charge in [-0.2, -0.15) is 0 Å². The Balaban J connectivity index is 1.55. The van der Waals surface area contributed by atoms with Crippen LogP contribution in [0.1, 0.15) is 90.2 Å². The lowest BCUT2D eigenvalue weighted by Crippen LogP contribution is -2.60. The molecule has 5 rings (SSSR count).